The fourth-order valence-electron chi connectivity index (χ4n) is 9.95. The van der Waals surface area contributed by atoms with Gasteiger partial charge in [0.25, 0.3) is 0 Å². The van der Waals surface area contributed by atoms with Gasteiger partial charge in [-0.2, -0.15) is 0 Å². The van der Waals surface area contributed by atoms with Crippen LogP contribution in [0, 0.1) is 0 Å². The number of fused-ring (bicyclic) bond motifs is 10. The molecule has 62 heavy (non-hydrogen) atoms. The summed E-state index contributed by atoms with van der Waals surface area (Å²) in [6, 6.07) is 78.5. The van der Waals surface area contributed by atoms with Crippen molar-refractivity contribution in [2.45, 2.75) is 0 Å². The van der Waals surface area contributed by atoms with Gasteiger partial charge in [0.1, 0.15) is 0 Å². The Morgan fingerprint density at radius 1 is 0.323 bits per heavy atom. The van der Waals surface area contributed by atoms with E-state index in [2.05, 4.69) is 228 Å². The molecule has 0 spiro atoms. The van der Waals surface area contributed by atoms with E-state index in [0.29, 0.717) is 5.82 Å². The zero-order valence-corrected chi connectivity index (χ0v) is 33.6. The van der Waals surface area contributed by atoms with Crippen LogP contribution in [0.25, 0.3) is 121 Å². The third-order valence-corrected chi connectivity index (χ3v) is 12.7. The number of benzene rings is 10. The maximum atomic E-state index is 5.32. The van der Waals surface area contributed by atoms with Crippen LogP contribution in [0.15, 0.2) is 218 Å². The first kappa shape index (κ1) is 34.5. The van der Waals surface area contributed by atoms with Gasteiger partial charge in [0.2, 0.25) is 0 Å². The van der Waals surface area contributed by atoms with Crippen LogP contribution in [0.5, 0.6) is 0 Å². The van der Waals surface area contributed by atoms with Gasteiger partial charge in [-0.1, -0.05) is 164 Å². The second kappa shape index (κ2) is 13.6. The monoisotopic (exact) mass is 788 g/mol. The van der Waals surface area contributed by atoms with Gasteiger partial charge in [-0.05, 0) is 81.5 Å². The number of nitrogens with zero attached hydrogens (tertiary/aromatic N) is 4. The normalized spacial score (nSPS) is 11.9. The summed E-state index contributed by atoms with van der Waals surface area (Å²) in [5, 5.41) is 12.1. The molecular weight excluding hydrogens is 753 g/mol. The van der Waals surface area contributed by atoms with E-state index in [1.165, 1.54) is 70.6 Å². The Kier molecular flexibility index (Phi) is 7.57. The number of aromatic nitrogens is 4. The van der Waals surface area contributed by atoms with Gasteiger partial charge in [0.15, 0.2) is 5.82 Å². The van der Waals surface area contributed by atoms with Crippen LogP contribution >= 0.6 is 0 Å². The highest BCUT2D eigenvalue weighted by Gasteiger charge is 2.22. The summed E-state index contributed by atoms with van der Waals surface area (Å²) in [5.41, 5.74) is 11.9. The first-order chi connectivity index (χ1) is 30.8. The zero-order chi connectivity index (χ0) is 40.7. The van der Waals surface area contributed by atoms with Crippen LogP contribution in [0.1, 0.15) is 0 Å². The van der Waals surface area contributed by atoms with Crippen molar-refractivity contribution in [3.8, 4) is 45.3 Å². The lowest BCUT2D eigenvalue weighted by Gasteiger charge is -2.13. The van der Waals surface area contributed by atoms with Gasteiger partial charge in [-0.25, -0.2) is 9.97 Å². The highest BCUT2D eigenvalue weighted by Crippen LogP contribution is 2.43. The van der Waals surface area contributed by atoms with Crippen molar-refractivity contribution in [2.75, 3.05) is 0 Å². The lowest BCUT2D eigenvalue weighted by molar-refractivity contribution is 1.16. The van der Waals surface area contributed by atoms with Crippen LogP contribution in [-0.4, -0.2) is 19.1 Å². The molecule has 10 aromatic carbocycles. The molecular formula is C58H36N4. The molecule has 0 aliphatic rings. The molecule has 3 heterocycles. The van der Waals surface area contributed by atoms with Gasteiger partial charge in [-0.3, -0.25) is 0 Å². The molecule has 13 aromatic rings. The third-order valence-electron chi connectivity index (χ3n) is 12.7. The Balaban J connectivity index is 1.02. The molecule has 4 nitrogen and oxygen atoms in total. The zero-order valence-electron chi connectivity index (χ0n) is 33.6. The van der Waals surface area contributed by atoms with Crippen LogP contribution in [-0.2, 0) is 0 Å². The highest BCUT2D eigenvalue weighted by atomic mass is 15.0. The lowest BCUT2D eigenvalue weighted by Crippen LogP contribution is -1.98. The molecule has 0 N–H and O–H groups in total. The molecule has 0 unspecified atom stereocenters. The van der Waals surface area contributed by atoms with Crippen molar-refractivity contribution in [3.63, 3.8) is 0 Å². The molecule has 0 bridgehead atoms. The van der Waals surface area contributed by atoms with Crippen molar-refractivity contribution in [3.05, 3.63) is 218 Å². The standard InChI is InChI=1S/C58H36N4/c1-4-20-42-37(14-1)17-11-25-45(42)50-36-51(46-26-12-18-38-15-2-5-21-43(38)46)60-58(59-50)40-30-32-41(33-31-40)61-54-28-10-8-24-49(54)56-55(61)35-34-48-47-23-7-9-27-53(47)62(57(48)56)52-29-13-19-39-16-3-6-22-44(39)52/h1-36H. The van der Waals surface area contributed by atoms with Gasteiger partial charge in [0, 0.05) is 49.3 Å². The lowest BCUT2D eigenvalue weighted by atomic mass is 9.98. The number of para-hydroxylation sites is 2. The van der Waals surface area contributed by atoms with E-state index in [1.807, 2.05) is 0 Å². The van der Waals surface area contributed by atoms with E-state index in [4.69, 9.17) is 9.97 Å². The maximum Gasteiger partial charge on any atom is 0.160 e. The molecule has 3 aromatic heterocycles. The number of hydrogen-bond donors (Lipinski definition) is 0. The highest BCUT2D eigenvalue weighted by molar-refractivity contribution is 6.26. The molecule has 288 valence electrons. The Labute approximate surface area is 357 Å². The van der Waals surface area contributed by atoms with Gasteiger partial charge in [-0.15, -0.1) is 0 Å². The summed E-state index contributed by atoms with van der Waals surface area (Å²) in [7, 11) is 0. The predicted molar refractivity (Wildman–Crippen MR) is 260 cm³/mol. The summed E-state index contributed by atoms with van der Waals surface area (Å²) in [6.07, 6.45) is 0. The summed E-state index contributed by atoms with van der Waals surface area (Å²) in [5.74, 6) is 0.688. The Bertz CT molecular complexity index is 3810. The second-order valence-corrected chi connectivity index (χ2v) is 16.1. The van der Waals surface area contributed by atoms with Crippen molar-refractivity contribution in [1.29, 1.82) is 0 Å². The van der Waals surface area contributed by atoms with Crippen molar-refractivity contribution in [2.24, 2.45) is 0 Å². The molecule has 13 rings (SSSR count). The van der Waals surface area contributed by atoms with Gasteiger partial charge in [0.05, 0.1) is 39.1 Å². The Morgan fingerprint density at radius 3 is 1.47 bits per heavy atom. The minimum Gasteiger partial charge on any atom is -0.309 e. The largest absolute Gasteiger partial charge is 0.309 e. The average molecular weight is 789 g/mol. The van der Waals surface area contributed by atoms with E-state index >= 15 is 0 Å². The van der Waals surface area contributed by atoms with Crippen molar-refractivity contribution < 1.29 is 0 Å². The topological polar surface area (TPSA) is 35.6 Å². The first-order valence-electron chi connectivity index (χ1n) is 21.2. The maximum absolute atomic E-state index is 5.32. The second-order valence-electron chi connectivity index (χ2n) is 16.1. The predicted octanol–water partition coefficient (Wildman–Crippen LogP) is 15.1. The van der Waals surface area contributed by atoms with Crippen LogP contribution < -0.4 is 0 Å². The van der Waals surface area contributed by atoms with E-state index in [9.17, 15) is 0 Å². The van der Waals surface area contributed by atoms with E-state index in [1.54, 1.807) is 0 Å². The average Bonchev–Trinajstić information content (AvgIpc) is 3.86. The van der Waals surface area contributed by atoms with E-state index < -0.39 is 0 Å². The molecule has 0 aliphatic carbocycles. The van der Waals surface area contributed by atoms with Gasteiger partial charge >= 0.3 is 0 Å². The smallest absolute Gasteiger partial charge is 0.160 e. The van der Waals surface area contributed by atoms with Crippen LogP contribution in [0.2, 0.25) is 0 Å². The SMILES string of the molecule is c1ccc2c(-c3cc(-c4cccc5ccccc45)nc(-c4ccc(-n5c6ccccc6c6c5ccc5c7ccccc7n(-c7cccc8ccccc78)c56)cc4)n3)cccc2c1. The van der Waals surface area contributed by atoms with E-state index in [0.717, 1.165) is 44.8 Å². The number of hydrogen-bond acceptors (Lipinski definition) is 2. The van der Waals surface area contributed by atoms with Gasteiger partial charge < -0.3 is 9.13 Å². The van der Waals surface area contributed by atoms with Crippen LogP contribution in [0.3, 0.4) is 0 Å². The fraction of sp³-hybridized carbons (Fsp3) is 0. The van der Waals surface area contributed by atoms with Crippen molar-refractivity contribution in [1.82, 2.24) is 19.1 Å². The summed E-state index contributed by atoms with van der Waals surface area (Å²) < 4.78 is 4.90. The minimum absolute atomic E-state index is 0.688. The van der Waals surface area contributed by atoms with Crippen LogP contribution in [0.4, 0.5) is 0 Å². The Hall–Kier alpha value is -8.34. The molecule has 0 atom stereocenters. The molecule has 4 heteroatoms. The summed E-state index contributed by atoms with van der Waals surface area (Å²) >= 11 is 0. The fourth-order valence-corrected chi connectivity index (χ4v) is 9.95. The van der Waals surface area contributed by atoms with E-state index in [-0.39, 0.29) is 0 Å². The third kappa shape index (κ3) is 5.20. The molecule has 0 fully saturated rings. The quantitative estimate of drug-likeness (QED) is 0.174. The first-order valence-corrected chi connectivity index (χ1v) is 21.2. The number of rotatable bonds is 5. The molecule has 0 saturated carbocycles. The summed E-state index contributed by atoms with van der Waals surface area (Å²) in [4.78, 5) is 10.6. The molecule has 0 radical (unpaired) electrons. The Morgan fingerprint density at radius 2 is 0.823 bits per heavy atom. The van der Waals surface area contributed by atoms with Crippen molar-refractivity contribution >= 4 is 75.9 Å². The minimum atomic E-state index is 0.688. The molecule has 0 saturated heterocycles. The molecule has 0 amide bonds. The summed E-state index contributed by atoms with van der Waals surface area (Å²) in [6.45, 7) is 0. The molecule has 0 aliphatic heterocycles.